The Morgan fingerprint density at radius 2 is 1.53 bits per heavy atom. The van der Waals surface area contributed by atoms with Crippen molar-refractivity contribution in [3.05, 3.63) is 116 Å². The summed E-state index contributed by atoms with van der Waals surface area (Å²) in [6, 6.07) is 8.68. The molecule has 8 bridgehead atoms. The number of aliphatic hydroxyl groups is 5. The second kappa shape index (κ2) is 17.0. The van der Waals surface area contributed by atoms with Crippen LogP contribution in [0.3, 0.4) is 0 Å². The fourth-order valence-corrected chi connectivity index (χ4v) is 22.4. The number of Topliss-reactive ketones (excluding diaryl/α,β-unsaturated/α-hetero) is 1. The summed E-state index contributed by atoms with van der Waals surface area (Å²) in [5.41, 5.74) is 1.73. The molecule has 1 saturated heterocycles. The van der Waals surface area contributed by atoms with Crippen LogP contribution in [0.2, 0.25) is 0 Å². The number of aromatic nitrogens is 4. The Morgan fingerprint density at radius 3 is 2.33 bits per heavy atom. The van der Waals surface area contributed by atoms with Crippen molar-refractivity contribution in [2.45, 2.75) is 213 Å². The first-order valence-electron chi connectivity index (χ1n) is 32.1. The SMILES string of the molecule is Cc1cc(O)c2c(c1)C(=O)c1c(c3cc4c(nccc14)NCC(O)C14CC5(CCCC5)CC1c1cc(C56CCCCC5CC5(CCC(=O)CC5)c5nc[nH]c56)[nH]c1C1=CC5(O3)OC3(C1=C4CC1(CCC4(CCCC4)C1)C3O)C(O)C(O)C5O)C2=O. The molecular weight excluding hydrogens is 1070 g/mol. The fraction of sp³-hybridized carbons (Fsp3) is 0.580. The van der Waals surface area contributed by atoms with Crippen molar-refractivity contribution in [3.8, 4) is 11.5 Å². The second-order valence-electron chi connectivity index (χ2n) is 29.7. The van der Waals surface area contributed by atoms with Crippen molar-refractivity contribution in [3.63, 3.8) is 0 Å². The van der Waals surface area contributed by atoms with E-state index in [2.05, 4.69) is 21.4 Å². The molecule has 7 fully saturated rings. The molecule has 6 saturated carbocycles. The minimum atomic E-state index is -2.48. The van der Waals surface area contributed by atoms with E-state index in [0.717, 1.165) is 137 Å². The average Bonchev–Trinajstić information content (AvgIpc) is 1.62. The normalized spacial score (nSPS) is 38.3. The molecule has 7 heterocycles. The molecule has 5 aromatic rings. The van der Waals surface area contributed by atoms with Crippen LogP contribution in [0.1, 0.15) is 219 Å². The molecule has 2 aromatic carbocycles. The van der Waals surface area contributed by atoms with Gasteiger partial charge in [0, 0.05) is 75.3 Å². The van der Waals surface area contributed by atoms with Crippen LogP contribution in [0.5, 0.6) is 11.5 Å². The summed E-state index contributed by atoms with van der Waals surface area (Å²) < 4.78 is 15.1. The number of nitrogens with one attached hydrogen (secondary N) is 3. The number of hydrogen-bond donors (Lipinski definition) is 9. The smallest absolute Gasteiger partial charge is 0.261 e. The van der Waals surface area contributed by atoms with Crippen LogP contribution < -0.4 is 10.1 Å². The van der Waals surface area contributed by atoms with E-state index in [-0.39, 0.29) is 68.4 Å². The lowest BCUT2D eigenvalue weighted by Gasteiger charge is -2.64. The number of phenols is 1. The number of aryl methyl sites for hydroxylation is 1. The number of aromatic hydroxyl groups is 1. The van der Waals surface area contributed by atoms with Crippen molar-refractivity contribution >= 4 is 39.5 Å². The zero-order valence-electron chi connectivity index (χ0n) is 48.2. The summed E-state index contributed by atoms with van der Waals surface area (Å²) in [4.78, 5) is 61.9. The van der Waals surface area contributed by atoms with E-state index in [4.69, 9.17) is 19.4 Å². The number of H-pyrrole nitrogens is 2. The summed E-state index contributed by atoms with van der Waals surface area (Å²) >= 11 is 0. The Bertz CT molecular complexity index is 3910. The van der Waals surface area contributed by atoms with Crippen LogP contribution in [0, 0.1) is 34.5 Å². The monoisotopic (exact) mass is 1150 g/mol. The number of aliphatic hydroxyl groups excluding tert-OH is 5. The van der Waals surface area contributed by atoms with Gasteiger partial charge >= 0.3 is 0 Å². The highest BCUT2D eigenvalue weighted by Gasteiger charge is 2.77. The summed E-state index contributed by atoms with van der Waals surface area (Å²) in [6.45, 7) is 1.74. The topological polar surface area (TPSA) is 260 Å². The third kappa shape index (κ3) is 6.32. The molecule has 4 aliphatic heterocycles. The third-order valence-electron chi connectivity index (χ3n) is 25.9. The first-order chi connectivity index (χ1) is 40.9. The highest BCUT2D eigenvalue weighted by atomic mass is 16.7. The Balaban J connectivity index is 0.954. The minimum absolute atomic E-state index is 0.00642. The number of phenolic OH excluding ortho intramolecular Hbond substituents is 1. The molecule has 12 unspecified atom stereocenters. The minimum Gasteiger partial charge on any atom is -0.507 e. The van der Waals surface area contributed by atoms with Gasteiger partial charge in [-0.15, -0.1) is 0 Å². The number of imidazole rings is 1. The third-order valence-corrected chi connectivity index (χ3v) is 25.9. The molecule has 0 amide bonds. The first kappa shape index (κ1) is 52.1. The molecule has 442 valence electrons. The van der Waals surface area contributed by atoms with Gasteiger partial charge in [0.05, 0.1) is 46.5 Å². The predicted octanol–water partition coefficient (Wildman–Crippen LogP) is 9.38. The van der Waals surface area contributed by atoms with Gasteiger partial charge in [-0.1, -0.05) is 44.1 Å². The van der Waals surface area contributed by atoms with Gasteiger partial charge in [-0.2, -0.15) is 0 Å². The van der Waals surface area contributed by atoms with E-state index in [1.54, 1.807) is 37.4 Å². The Morgan fingerprint density at radius 1 is 0.753 bits per heavy atom. The van der Waals surface area contributed by atoms with Crippen molar-refractivity contribution in [2.24, 2.45) is 27.6 Å². The standard InChI is InChI=1S/C69H75N5O11/c1-34-22-40-48(44(76)23-34)54(79)50-45-24-38-37(49(50)53(40)78)11-21-70-60(38)71-30-47(77)67-32-63(14-6-7-15-63)28-42(67)39-25-46(66-16-3-2-8-35(66)26-64(17-9-36(75)10-18-64)56-57(66)73-33-72-56)74-52(39)41-27-68(84-45)58(81)55(80)59(82)69(85-68)51(41)43(67)29-65(61(69)83)20-19-62(31-65)12-4-5-13-62/h11,21-25,27,33,35,42,47,55,58-59,61,74,76-77,80-83H,2-10,12-20,26,28-32H2,1H3,(H,70,71)(H,72,73). The number of carbonyl (C=O) groups is 3. The maximum atomic E-state index is 15.5. The molecule has 16 nitrogen and oxygen atoms in total. The van der Waals surface area contributed by atoms with Crippen LogP contribution in [0.25, 0.3) is 16.3 Å². The molecule has 14 aliphatic rings. The van der Waals surface area contributed by atoms with E-state index in [9.17, 15) is 35.4 Å². The average molecular weight is 1150 g/mol. The van der Waals surface area contributed by atoms with Gasteiger partial charge in [0.15, 0.2) is 17.5 Å². The van der Waals surface area contributed by atoms with Gasteiger partial charge in [0.25, 0.3) is 5.79 Å². The molecule has 85 heavy (non-hydrogen) atoms. The van der Waals surface area contributed by atoms with Crippen molar-refractivity contribution < 1.29 is 54.5 Å². The number of hydrogen-bond acceptors (Lipinski definition) is 14. The van der Waals surface area contributed by atoms with Gasteiger partial charge < -0.3 is 55.4 Å². The zero-order valence-corrected chi connectivity index (χ0v) is 48.2. The van der Waals surface area contributed by atoms with Crippen LogP contribution in [-0.4, -0.2) is 116 Å². The molecule has 9 N–H and O–H groups in total. The van der Waals surface area contributed by atoms with E-state index >= 15 is 9.59 Å². The summed E-state index contributed by atoms with van der Waals surface area (Å²) in [6.07, 6.45) is 16.0. The Kier molecular flexibility index (Phi) is 10.4. The lowest BCUT2D eigenvalue weighted by atomic mass is 9.50. The number of pyridine rings is 1. The lowest BCUT2D eigenvalue weighted by molar-refractivity contribution is -0.366. The van der Waals surface area contributed by atoms with E-state index < -0.39 is 69.7 Å². The Hall–Kier alpha value is -6.01. The van der Waals surface area contributed by atoms with Crippen molar-refractivity contribution in [2.75, 3.05) is 11.9 Å². The number of aromatic amines is 2. The molecule has 19 rings (SSSR count). The van der Waals surface area contributed by atoms with Gasteiger partial charge in [-0.25, -0.2) is 9.97 Å². The number of anilines is 1. The van der Waals surface area contributed by atoms with Crippen LogP contribution in [-0.2, 0) is 20.4 Å². The van der Waals surface area contributed by atoms with Crippen LogP contribution in [0.4, 0.5) is 5.82 Å². The molecule has 10 aliphatic carbocycles. The number of nitrogens with zero attached hydrogens (tertiary/aromatic N) is 2. The highest BCUT2D eigenvalue weighted by Crippen LogP contribution is 2.77. The largest absolute Gasteiger partial charge is 0.507 e. The quantitative estimate of drug-likeness (QED) is 0.0743. The first-order valence-corrected chi connectivity index (χ1v) is 32.1. The Labute approximate surface area is 492 Å². The summed E-state index contributed by atoms with van der Waals surface area (Å²) in [5, 5.41) is 84.5. The van der Waals surface area contributed by atoms with Crippen molar-refractivity contribution in [1.29, 1.82) is 0 Å². The molecule has 12 atom stereocenters. The van der Waals surface area contributed by atoms with Crippen LogP contribution >= 0.6 is 0 Å². The van der Waals surface area contributed by atoms with Crippen LogP contribution in [0.15, 0.2) is 60.1 Å². The molecular formula is C69H75N5O11. The highest BCUT2D eigenvalue weighted by molar-refractivity contribution is 6.34. The molecule has 3 aromatic heterocycles. The number of ketones is 3. The molecule has 7 spiro atoms. The van der Waals surface area contributed by atoms with Gasteiger partial charge in [0.2, 0.25) is 5.78 Å². The van der Waals surface area contributed by atoms with Crippen molar-refractivity contribution in [1.82, 2.24) is 19.9 Å². The number of rotatable bonds is 1. The maximum absolute atomic E-state index is 15.5. The summed E-state index contributed by atoms with van der Waals surface area (Å²) in [7, 11) is 0. The zero-order chi connectivity index (χ0) is 57.7. The van der Waals surface area contributed by atoms with Gasteiger partial charge in [-0.05, 0) is 184 Å². The van der Waals surface area contributed by atoms with E-state index in [0.29, 0.717) is 83.3 Å². The second-order valence-corrected chi connectivity index (χ2v) is 29.7. The van der Waals surface area contributed by atoms with Gasteiger partial charge in [-0.3, -0.25) is 14.4 Å². The number of benzene rings is 2. The molecule has 0 radical (unpaired) electrons. The maximum Gasteiger partial charge on any atom is 0.261 e. The number of fused-ring (bicyclic) bond motifs is 11. The number of carbonyl (C=O) groups excluding carboxylic acids is 3. The predicted molar refractivity (Wildman–Crippen MR) is 311 cm³/mol. The van der Waals surface area contributed by atoms with E-state index in [1.165, 1.54) is 6.07 Å². The van der Waals surface area contributed by atoms with E-state index in [1.807, 2.05) is 6.33 Å². The lowest BCUT2D eigenvalue weighted by Crippen LogP contribution is -2.79. The fourth-order valence-electron chi connectivity index (χ4n) is 22.4. The number of ether oxygens (including phenoxy) is 2. The summed E-state index contributed by atoms with van der Waals surface area (Å²) in [5.74, 6) is -3.84. The molecule has 16 heteroatoms. The van der Waals surface area contributed by atoms with Gasteiger partial charge in [0.1, 0.15) is 35.3 Å².